The number of fused-ring (bicyclic) bond motifs is 1. The molecule has 1 saturated carbocycles. The van der Waals surface area contributed by atoms with Crippen LogP contribution in [0.2, 0.25) is 0 Å². The molecule has 1 aliphatic carbocycles. The monoisotopic (exact) mass is 306 g/mol. The van der Waals surface area contributed by atoms with Crippen molar-refractivity contribution in [3.05, 3.63) is 52.8 Å². The maximum Gasteiger partial charge on any atom is 0.0991 e. The Labute approximate surface area is 137 Å². The molecule has 23 heavy (non-hydrogen) atoms. The lowest BCUT2D eigenvalue weighted by Crippen LogP contribution is -2.41. The lowest BCUT2D eigenvalue weighted by molar-refractivity contribution is 0.133. The Hall–Kier alpha value is -2.12. The topological polar surface area (TPSA) is 44.9 Å². The second-order valence-electron chi connectivity index (χ2n) is 6.73. The smallest absolute Gasteiger partial charge is 0.0991 e. The predicted molar refractivity (Wildman–Crippen MR) is 89.1 cm³/mol. The summed E-state index contributed by atoms with van der Waals surface area (Å²) in [5, 5.41) is 13.7. The van der Waals surface area contributed by atoms with Gasteiger partial charge in [-0.3, -0.25) is 9.58 Å². The van der Waals surface area contributed by atoms with Crippen LogP contribution in [0.4, 0.5) is 0 Å². The van der Waals surface area contributed by atoms with Gasteiger partial charge >= 0.3 is 0 Å². The zero-order chi connectivity index (χ0) is 15.6. The number of nitrogens with zero attached hydrogens (tertiary/aromatic N) is 4. The van der Waals surface area contributed by atoms with Gasteiger partial charge < -0.3 is 0 Å². The van der Waals surface area contributed by atoms with Crippen molar-refractivity contribution in [3.8, 4) is 6.07 Å². The molecular weight excluding hydrogens is 284 g/mol. The fourth-order valence-electron chi connectivity index (χ4n) is 3.62. The van der Waals surface area contributed by atoms with E-state index in [1.54, 1.807) is 0 Å². The van der Waals surface area contributed by atoms with Gasteiger partial charge in [0, 0.05) is 31.7 Å². The highest BCUT2D eigenvalue weighted by molar-refractivity contribution is 5.31. The van der Waals surface area contributed by atoms with Crippen molar-refractivity contribution in [1.82, 2.24) is 14.7 Å². The molecule has 4 rings (SSSR count). The third-order valence-electron chi connectivity index (χ3n) is 5.25. The maximum absolute atomic E-state index is 8.87. The van der Waals surface area contributed by atoms with Crippen molar-refractivity contribution in [2.75, 3.05) is 13.1 Å². The standard InChI is InChI=1S/C19H22N4/c20-12-15-4-6-16(7-5-15)13-23-14-17-8-10-22(18-2-1-3-18)11-9-19(17)21-23/h4-7,14,18H,1-3,8-11,13H2. The molecule has 0 atom stereocenters. The molecule has 0 spiro atoms. The normalized spacial score (nSPS) is 18.7. The van der Waals surface area contributed by atoms with E-state index in [9.17, 15) is 0 Å². The van der Waals surface area contributed by atoms with Gasteiger partial charge in [0.25, 0.3) is 0 Å². The molecule has 2 heterocycles. The Morgan fingerprint density at radius 2 is 1.91 bits per heavy atom. The van der Waals surface area contributed by atoms with Crippen molar-refractivity contribution in [2.24, 2.45) is 0 Å². The van der Waals surface area contributed by atoms with Gasteiger partial charge in [-0.2, -0.15) is 10.4 Å². The van der Waals surface area contributed by atoms with Crippen LogP contribution >= 0.6 is 0 Å². The van der Waals surface area contributed by atoms with E-state index in [4.69, 9.17) is 10.4 Å². The summed E-state index contributed by atoms with van der Waals surface area (Å²) in [6.45, 7) is 3.12. The molecule has 0 unspecified atom stereocenters. The molecule has 1 aliphatic heterocycles. The summed E-state index contributed by atoms with van der Waals surface area (Å²) in [7, 11) is 0. The average Bonchev–Trinajstić information content (AvgIpc) is 2.81. The molecule has 2 aromatic rings. The first-order chi connectivity index (χ1) is 11.3. The number of hydrogen-bond donors (Lipinski definition) is 0. The fourth-order valence-corrected chi connectivity index (χ4v) is 3.62. The first kappa shape index (κ1) is 14.5. The molecule has 2 aliphatic rings. The Bertz CT molecular complexity index is 693. The molecular formula is C19H22N4. The first-order valence-corrected chi connectivity index (χ1v) is 8.60. The van der Waals surface area contributed by atoms with E-state index in [1.807, 2.05) is 24.3 Å². The van der Waals surface area contributed by atoms with Crippen LogP contribution in [0.15, 0.2) is 30.5 Å². The molecule has 0 amide bonds. The quantitative estimate of drug-likeness (QED) is 0.876. The number of benzene rings is 1. The van der Waals surface area contributed by atoms with Crippen LogP contribution in [-0.4, -0.2) is 33.8 Å². The zero-order valence-corrected chi connectivity index (χ0v) is 13.4. The molecule has 118 valence electrons. The van der Waals surface area contributed by atoms with Crippen LogP contribution in [0.3, 0.4) is 0 Å². The van der Waals surface area contributed by atoms with E-state index in [-0.39, 0.29) is 0 Å². The molecule has 0 saturated heterocycles. The van der Waals surface area contributed by atoms with Gasteiger partial charge in [0.05, 0.1) is 23.9 Å². The summed E-state index contributed by atoms with van der Waals surface area (Å²) in [6, 6.07) is 10.8. The van der Waals surface area contributed by atoms with Crippen molar-refractivity contribution in [2.45, 2.75) is 44.7 Å². The van der Waals surface area contributed by atoms with E-state index in [2.05, 4.69) is 21.8 Å². The van der Waals surface area contributed by atoms with Gasteiger partial charge in [0.1, 0.15) is 0 Å². The maximum atomic E-state index is 8.87. The predicted octanol–water partition coefficient (Wildman–Crippen LogP) is 2.76. The highest BCUT2D eigenvalue weighted by Crippen LogP contribution is 2.27. The van der Waals surface area contributed by atoms with Gasteiger partial charge in [-0.15, -0.1) is 0 Å². The Kier molecular flexibility index (Phi) is 3.88. The van der Waals surface area contributed by atoms with Crippen molar-refractivity contribution >= 4 is 0 Å². The highest BCUT2D eigenvalue weighted by Gasteiger charge is 2.27. The molecule has 1 fully saturated rings. The largest absolute Gasteiger partial charge is 0.300 e. The van der Waals surface area contributed by atoms with Gasteiger partial charge in [0.15, 0.2) is 0 Å². The molecule has 0 bridgehead atoms. The minimum Gasteiger partial charge on any atom is -0.300 e. The van der Waals surface area contributed by atoms with E-state index in [1.165, 1.54) is 42.6 Å². The fraction of sp³-hybridized carbons (Fsp3) is 0.474. The van der Waals surface area contributed by atoms with Gasteiger partial charge in [-0.05, 0) is 42.5 Å². The number of rotatable bonds is 3. The molecule has 0 radical (unpaired) electrons. The van der Waals surface area contributed by atoms with E-state index >= 15 is 0 Å². The molecule has 1 aromatic heterocycles. The molecule has 0 N–H and O–H groups in total. The first-order valence-electron chi connectivity index (χ1n) is 8.60. The van der Waals surface area contributed by atoms with Crippen molar-refractivity contribution in [3.63, 3.8) is 0 Å². The summed E-state index contributed by atoms with van der Waals surface area (Å²) in [4.78, 5) is 2.66. The average molecular weight is 306 g/mol. The second-order valence-corrected chi connectivity index (χ2v) is 6.73. The number of nitriles is 1. The Balaban J connectivity index is 1.43. The minimum atomic E-state index is 0.709. The lowest BCUT2D eigenvalue weighted by atomic mass is 9.91. The molecule has 4 nitrogen and oxygen atoms in total. The SMILES string of the molecule is N#Cc1ccc(Cn2cc3c(n2)CCN(C2CCC2)CC3)cc1. The highest BCUT2D eigenvalue weighted by atomic mass is 15.3. The summed E-state index contributed by atoms with van der Waals surface area (Å²) >= 11 is 0. The van der Waals surface area contributed by atoms with Crippen molar-refractivity contribution < 1.29 is 0 Å². The van der Waals surface area contributed by atoms with Gasteiger partial charge in [-0.1, -0.05) is 18.6 Å². The summed E-state index contributed by atoms with van der Waals surface area (Å²) in [5.74, 6) is 0. The Morgan fingerprint density at radius 1 is 1.13 bits per heavy atom. The van der Waals surface area contributed by atoms with E-state index < -0.39 is 0 Å². The summed E-state index contributed by atoms with van der Waals surface area (Å²) in [5.41, 5.74) is 4.60. The minimum absolute atomic E-state index is 0.709. The van der Waals surface area contributed by atoms with Crippen LogP contribution in [0, 0.1) is 11.3 Å². The third-order valence-corrected chi connectivity index (χ3v) is 5.25. The molecule has 1 aromatic carbocycles. The van der Waals surface area contributed by atoms with Gasteiger partial charge in [-0.25, -0.2) is 0 Å². The third kappa shape index (κ3) is 3.02. The van der Waals surface area contributed by atoms with Crippen LogP contribution in [0.25, 0.3) is 0 Å². The number of aromatic nitrogens is 2. The lowest BCUT2D eigenvalue weighted by Gasteiger charge is -2.36. The van der Waals surface area contributed by atoms with Crippen LogP contribution in [-0.2, 0) is 19.4 Å². The number of hydrogen-bond acceptors (Lipinski definition) is 3. The summed E-state index contributed by atoms with van der Waals surface area (Å²) < 4.78 is 2.06. The van der Waals surface area contributed by atoms with Crippen LogP contribution in [0.5, 0.6) is 0 Å². The summed E-state index contributed by atoms with van der Waals surface area (Å²) in [6.07, 6.45) is 8.60. The van der Waals surface area contributed by atoms with Gasteiger partial charge in [0.2, 0.25) is 0 Å². The van der Waals surface area contributed by atoms with Crippen LogP contribution < -0.4 is 0 Å². The molecule has 4 heteroatoms. The second kappa shape index (κ2) is 6.17. The van der Waals surface area contributed by atoms with Crippen LogP contribution in [0.1, 0.15) is 41.6 Å². The van der Waals surface area contributed by atoms with E-state index in [0.717, 1.165) is 32.0 Å². The Morgan fingerprint density at radius 3 is 2.61 bits per heavy atom. The van der Waals surface area contributed by atoms with Crippen molar-refractivity contribution in [1.29, 1.82) is 5.26 Å². The zero-order valence-electron chi connectivity index (χ0n) is 13.4. The van der Waals surface area contributed by atoms with E-state index in [0.29, 0.717) is 5.56 Å².